The first-order valence-electron chi connectivity index (χ1n) is 5.16. The second-order valence-electron chi connectivity index (χ2n) is 3.58. The van der Waals surface area contributed by atoms with E-state index < -0.39 is 0 Å². The lowest BCUT2D eigenvalue weighted by molar-refractivity contribution is 0.0511. The molecule has 1 aromatic heterocycles. The molecule has 1 heterocycles. The van der Waals surface area contributed by atoms with Crippen molar-refractivity contribution >= 4 is 0 Å². The van der Waals surface area contributed by atoms with Gasteiger partial charge in [0.2, 0.25) is 0 Å². The van der Waals surface area contributed by atoms with Crippen molar-refractivity contribution < 1.29 is 9.47 Å². The van der Waals surface area contributed by atoms with E-state index in [9.17, 15) is 0 Å². The van der Waals surface area contributed by atoms with Gasteiger partial charge in [-0.15, -0.1) is 5.10 Å². The minimum Gasteiger partial charge on any atom is -0.468 e. The highest BCUT2D eigenvalue weighted by Gasteiger charge is 2.08. The molecule has 2 rings (SSSR count). The third-order valence-corrected chi connectivity index (χ3v) is 2.41. The van der Waals surface area contributed by atoms with Gasteiger partial charge >= 0.3 is 0 Å². The molecule has 0 aliphatic heterocycles. The van der Waals surface area contributed by atoms with Crippen LogP contribution in [0, 0.1) is 6.92 Å². The SMILES string of the molecule is [CH2]c1c(-c2ccc(OCOC)cc2)nnn1C. The highest BCUT2D eigenvalue weighted by atomic mass is 16.7. The molecule has 0 fully saturated rings. The van der Waals surface area contributed by atoms with Gasteiger partial charge in [0.1, 0.15) is 11.4 Å². The molecule has 0 amide bonds. The highest BCUT2D eigenvalue weighted by Crippen LogP contribution is 2.22. The van der Waals surface area contributed by atoms with E-state index in [1.54, 1.807) is 11.8 Å². The molecule has 0 saturated carbocycles. The lowest BCUT2D eigenvalue weighted by Gasteiger charge is -2.05. The predicted octanol–water partition coefficient (Wildman–Crippen LogP) is 1.65. The molecule has 0 unspecified atom stereocenters. The lowest BCUT2D eigenvalue weighted by Crippen LogP contribution is -1.98. The first-order valence-corrected chi connectivity index (χ1v) is 5.16. The first kappa shape index (κ1) is 11.6. The topological polar surface area (TPSA) is 49.2 Å². The summed E-state index contributed by atoms with van der Waals surface area (Å²) < 4.78 is 11.8. The smallest absolute Gasteiger partial charge is 0.188 e. The fourth-order valence-corrected chi connectivity index (χ4v) is 1.44. The summed E-state index contributed by atoms with van der Waals surface area (Å²) in [6.45, 7) is 4.16. The Balaban J connectivity index is 2.20. The van der Waals surface area contributed by atoms with Crippen molar-refractivity contribution in [3.05, 3.63) is 36.9 Å². The molecule has 89 valence electrons. The molecule has 0 bridgehead atoms. The van der Waals surface area contributed by atoms with Crippen molar-refractivity contribution in [3.63, 3.8) is 0 Å². The quantitative estimate of drug-likeness (QED) is 0.752. The average molecular weight is 232 g/mol. The van der Waals surface area contributed by atoms with E-state index in [2.05, 4.69) is 17.2 Å². The summed E-state index contributed by atoms with van der Waals surface area (Å²) in [6.07, 6.45) is 0. The van der Waals surface area contributed by atoms with Crippen LogP contribution < -0.4 is 4.74 Å². The number of aryl methyl sites for hydroxylation is 1. The predicted molar refractivity (Wildman–Crippen MR) is 63.4 cm³/mol. The average Bonchev–Trinajstić information content (AvgIpc) is 2.68. The molecular formula is C12H14N3O2. The molecule has 1 aromatic carbocycles. The zero-order valence-corrected chi connectivity index (χ0v) is 9.88. The van der Waals surface area contributed by atoms with E-state index in [0.717, 1.165) is 22.7 Å². The summed E-state index contributed by atoms with van der Waals surface area (Å²) in [5, 5.41) is 7.98. The Morgan fingerprint density at radius 2 is 2.00 bits per heavy atom. The Bertz CT molecular complexity index is 491. The van der Waals surface area contributed by atoms with Gasteiger partial charge in [-0.3, -0.25) is 4.68 Å². The van der Waals surface area contributed by atoms with Crippen LogP contribution in [0.25, 0.3) is 11.3 Å². The van der Waals surface area contributed by atoms with E-state index >= 15 is 0 Å². The lowest BCUT2D eigenvalue weighted by atomic mass is 10.1. The van der Waals surface area contributed by atoms with Crippen LogP contribution in [-0.2, 0) is 11.8 Å². The standard InChI is InChI=1S/C12H14N3O2/c1-9-12(13-14-15(9)2)10-4-6-11(7-5-10)17-8-16-3/h4-7H,1,8H2,2-3H3. The monoisotopic (exact) mass is 232 g/mol. The number of benzene rings is 1. The van der Waals surface area contributed by atoms with Crippen molar-refractivity contribution in [1.29, 1.82) is 0 Å². The van der Waals surface area contributed by atoms with Gasteiger partial charge in [0.15, 0.2) is 6.79 Å². The molecule has 17 heavy (non-hydrogen) atoms. The molecule has 0 aliphatic rings. The molecule has 5 heteroatoms. The van der Waals surface area contributed by atoms with E-state index in [0.29, 0.717) is 0 Å². The summed E-state index contributed by atoms with van der Waals surface area (Å²) in [7, 11) is 3.40. The number of hydrogen-bond acceptors (Lipinski definition) is 4. The maximum atomic E-state index is 5.30. The summed E-state index contributed by atoms with van der Waals surface area (Å²) in [5.74, 6) is 0.755. The Morgan fingerprint density at radius 1 is 1.29 bits per heavy atom. The molecule has 0 saturated heterocycles. The van der Waals surface area contributed by atoms with Gasteiger partial charge in [-0.2, -0.15) is 0 Å². The number of aromatic nitrogens is 3. The minimum absolute atomic E-state index is 0.241. The van der Waals surface area contributed by atoms with Crippen molar-refractivity contribution in [2.45, 2.75) is 0 Å². The molecule has 0 spiro atoms. The van der Waals surface area contributed by atoms with Crippen LogP contribution in [0.4, 0.5) is 0 Å². The van der Waals surface area contributed by atoms with E-state index in [4.69, 9.17) is 9.47 Å². The third kappa shape index (κ3) is 2.45. The van der Waals surface area contributed by atoms with E-state index in [1.165, 1.54) is 0 Å². The van der Waals surface area contributed by atoms with Crippen LogP contribution in [0.1, 0.15) is 5.69 Å². The second-order valence-corrected chi connectivity index (χ2v) is 3.58. The molecule has 0 N–H and O–H groups in total. The molecule has 2 aromatic rings. The fourth-order valence-electron chi connectivity index (χ4n) is 1.44. The minimum atomic E-state index is 0.241. The summed E-state index contributed by atoms with van der Waals surface area (Å²) in [4.78, 5) is 0. The number of hydrogen-bond donors (Lipinski definition) is 0. The third-order valence-electron chi connectivity index (χ3n) is 2.41. The van der Waals surface area contributed by atoms with Gasteiger partial charge in [-0.05, 0) is 31.2 Å². The molecular weight excluding hydrogens is 218 g/mol. The Hall–Kier alpha value is -1.88. The van der Waals surface area contributed by atoms with Crippen molar-refractivity contribution in [2.24, 2.45) is 7.05 Å². The molecule has 1 radical (unpaired) electrons. The number of ether oxygens (including phenoxy) is 2. The summed E-state index contributed by atoms with van der Waals surface area (Å²) in [6, 6.07) is 7.57. The van der Waals surface area contributed by atoms with Gasteiger partial charge < -0.3 is 9.47 Å². The maximum Gasteiger partial charge on any atom is 0.188 e. The van der Waals surface area contributed by atoms with Crippen LogP contribution in [0.5, 0.6) is 5.75 Å². The zero-order valence-electron chi connectivity index (χ0n) is 9.88. The van der Waals surface area contributed by atoms with Crippen molar-refractivity contribution in [1.82, 2.24) is 15.0 Å². The van der Waals surface area contributed by atoms with Gasteiger partial charge in [-0.25, -0.2) is 0 Å². The molecule has 0 atom stereocenters. The number of rotatable bonds is 4. The Labute approximate surface area is 100.0 Å². The highest BCUT2D eigenvalue weighted by molar-refractivity contribution is 5.62. The number of nitrogens with zero attached hydrogens (tertiary/aromatic N) is 3. The fraction of sp³-hybridized carbons (Fsp3) is 0.250. The Kier molecular flexibility index (Phi) is 3.39. The molecule has 0 aliphatic carbocycles. The van der Waals surface area contributed by atoms with Crippen LogP contribution in [0.15, 0.2) is 24.3 Å². The van der Waals surface area contributed by atoms with Gasteiger partial charge in [-0.1, -0.05) is 5.21 Å². The van der Waals surface area contributed by atoms with Crippen LogP contribution in [0.3, 0.4) is 0 Å². The zero-order chi connectivity index (χ0) is 12.3. The Morgan fingerprint density at radius 3 is 2.53 bits per heavy atom. The second kappa shape index (κ2) is 4.97. The number of methoxy groups -OCH3 is 1. The van der Waals surface area contributed by atoms with Crippen LogP contribution >= 0.6 is 0 Å². The largest absolute Gasteiger partial charge is 0.468 e. The molecule has 5 nitrogen and oxygen atoms in total. The van der Waals surface area contributed by atoms with Gasteiger partial charge in [0.05, 0.1) is 5.69 Å². The van der Waals surface area contributed by atoms with Crippen molar-refractivity contribution in [3.8, 4) is 17.0 Å². The van der Waals surface area contributed by atoms with Crippen molar-refractivity contribution in [2.75, 3.05) is 13.9 Å². The first-order chi connectivity index (χ1) is 8.22. The van der Waals surface area contributed by atoms with E-state index in [-0.39, 0.29) is 6.79 Å². The van der Waals surface area contributed by atoms with Crippen LogP contribution in [-0.4, -0.2) is 28.9 Å². The summed E-state index contributed by atoms with van der Waals surface area (Å²) >= 11 is 0. The normalized spacial score (nSPS) is 10.5. The maximum absolute atomic E-state index is 5.30. The van der Waals surface area contributed by atoms with Crippen LogP contribution in [0.2, 0.25) is 0 Å². The van der Waals surface area contributed by atoms with Gasteiger partial charge in [0, 0.05) is 19.7 Å². The van der Waals surface area contributed by atoms with E-state index in [1.807, 2.05) is 31.3 Å². The van der Waals surface area contributed by atoms with Gasteiger partial charge in [0.25, 0.3) is 0 Å². The summed E-state index contributed by atoms with van der Waals surface area (Å²) in [5.41, 5.74) is 2.54.